The van der Waals surface area contributed by atoms with Gasteiger partial charge < -0.3 is 30.8 Å². The van der Waals surface area contributed by atoms with Gasteiger partial charge in [-0.1, -0.05) is 112 Å². The van der Waals surface area contributed by atoms with E-state index in [4.69, 9.17) is 15.0 Å². The zero-order valence-corrected chi connectivity index (χ0v) is 53.9. The Kier molecular flexibility index (Phi) is 20.2. The molecule has 20 heteroatoms. The van der Waals surface area contributed by atoms with Crippen molar-refractivity contribution in [3.05, 3.63) is 219 Å². The number of carbonyl (C=O) groups is 3. The summed E-state index contributed by atoms with van der Waals surface area (Å²) in [5, 5.41) is 14.8. The molecule has 14 rings (SSSR count). The Hall–Kier alpha value is -7.65. The molecule has 6 aliphatic rings. The number of hydrogen-bond donors (Lipinski definition) is 4. The van der Waals surface area contributed by atoms with E-state index in [-0.39, 0.29) is 36.0 Å². The standard InChI is InChI=1S/C24H22FN3O.C16H14BrFN2O.C14H20BNO2.C11H11BrO2.C5H5FN2/c25-20-9-11-22(27-15-20)28-23(29)24(12-1-13-24)19-7-4-16(5-8-19)18-6-10-21(26-14-18)17-2-3-17;17-12-4-2-11(3-5-12)16(8-1-9-16)15(21)20-14-7-6-13(18)10-19-14;1-13(2)14(3,4)18-15(17-13)11-7-8-12(16-9-11)10-5-6-10;12-9-4-2-8(3-5-9)11(10(13)14)6-1-7-11;6-4-1-2-5(7)8-3-4/h4-11,14-15,17H,1-3,12-13H2,(H,27,28,29);2-7,10H,1,8-9H2,(H,19,20,21);7-10H,5-6H2,1-4H3;2-5H,1,6-7H2,(H,13,14);1-3H,(H2,7,8). The van der Waals surface area contributed by atoms with Gasteiger partial charge >= 0.3 is 13.1 Å². The molecule has 14 nitrogen and oxygen atoms in total. The maximum Gasteiger partial charge on any atom is 0.496 e. The molecule has 3 aromatic carbocycles. The van der Waals surface area contributed by atoms with E-state index in [0.29, 0.717) is 29.3 Å². The number of benzene rings is 3. The summed E-state index contributed by atoms with van der Waals surface area (Å²) < 4.78 is 51.9. The molecule has 8 aromatic rings. The Bertz CT molecular complexity index is 3700. The number of rotatable bonds is 12. The first-order valence-corrected chi connectivity index (χ1v) is 32.0. The first-order chi connectivity index (χ1) is 43.1. The molecule has 6 heterocycles. The third-order valence-electron chi connectivity index (χ3n) is 18.3. The molecular weight excluding hydrogens is 1280 g/mol. The van der Waals surface area contributed by atoms with Crippen molar-refractivity contribution >= 4 is 79.7 Å². The highest BCUT2D eigenvalue weighted by atomic mass is 79.9. The van der Waals surface area contributed by atoms with Crippen molar-refractivity contribution in [3.8, 4) is 11.1 Å². The van der Waals surface area contributed by atoms with Crippen molar-refractivity contribution in [1.82, 2.24) is 24.9 Å². The average Bonchev–Trinajstić information content (AvgIpc) is 1.90. The minimum Gasteiger partial charge on any atom is -0.481 e. The summed E-state index contributed by atoms with van der Waals surface area (Å²) >= 11 is 6.75. The molecule has 90 heavy (non-hydrogen) atoms. The Morgan fingerprint density at radius 3 is 1.20 bits per heavy atom. The molecule has 5 saturated carbocycles. The van der Waals surface area contributed by atoms with Gasteiger partial charge in [-0.3, -0.25) is 24.4 Å². The summed E-state index contributed by atoms with van der Waals surface area (Å²) in [6, 6.07) is 40.3. The second-order valence-electron chi connectivity index (χ2n) is 24.9. The normalized spacial score (nSPS) is 18.2. The number of carboxylic acids is 1. The van der Waals surface area contributed by atoms with Gasteiger partial charge in [0.25, 0.3) is 0 Å². The van der Waals surface area contributed by atoms with Crippen LogP contribution in [0.5, 0.6) is 0 Å². The number of pyridine rings is 5. The Labute approximate surface area is 540 Å². The number of nitrogens with two attached hydrogens (primary N) is 1. The summed E-state index contributed by atoms with van der Waals surface area (Å²) in [6.07, 6.45) is 20.0. The van der Waals surface area contributed by atoms with E-state index in [1.54, 1.807) is 0 Å². The van der Waals surface area contributed by atoms with Crippen LogP contribution >= 0.6 is 31.9 Å². The number of carbonyl (C=O) groups excluding carboxylic acids is 2. The van der Waals surface area contributed by atoms with E-state index >= 15 is 0 Å². The van der Waals surface area contributed by atoms with Gasteiger partial charge in [-0.25, -0.2) is 28.1 Å². The van der Waals surface area contributed by atoms with Crippen molar-refractivity contribution in [2.75, 3.05) is 16.4 Å². The topological polar surface area (TPSA) is 204 Å². The average molecular weight is 1350 g/mol. The lowest BCUT2D eigenvalue weighted by Gasteiger charge is -2.40. The van der Waals surface area contributed by atoms with Crippen LogP contribution in [0.3, 0.4) is 0 Å². The van der Waals surface area contributed by atoms with Crippen LogP contribution in [0.2, 0.25) is 0 Å². The van der Waals surface area contributed by atoms with Crippen molar-refractivity contribution in [3.63, 3.8) is 0 Å². The Morgan fingerprint density at radius 1 is 0.489 bits per heavy atom. The lowest BCUT2D eigenvalue weighted by molar-refractivity contribution is -0.147. The van der Waals surface area contributed by atoms with Gasteiger partial charge in [0.1, 0.15) is 34.9 Å². The largest absolute Gasteiger partial charge is 0.496 e. The number of aromatic nitrogens is 5. The highest BCUT2D eigenvalue weighted by molar-refractivity contribution is 9.10. The first kappa shape index (κ1) is 65.3. The molecule has 2 amide bonds. The molecule has 5 N–H and O–H groups in total. The molecule has 0 spiro atoms. The molecular formula is C70H72BBr2F3N8O6. The summed E-state index contributed by atoms with van der Waals surface area (Å²) in [4.78, 5) is 57.2. The number of amides is 2. The van der Waals surface area contributed by atoms with Crippen molar-refractivity contribution in [2.24, 2.45) is 0 Å². The predicted octanol–water partition coefficient (Wildman–Crippen LogP) is 15.3. The van der Waals surface area contributed by atoms with Gasteiger partial charge in [0.15, 0.2) is 0 Å². The quantitative estimate of drug-likeness (QED) is 0.0844. The minimum atomic E-state index is -0.689. The van der Waals surface area contributed by atoms with Crippen LogP contribution < -0.4 is 21.8 Å². The summed E-state index contributed by atoms with van der Waals surface area (Å²) in [5.74, 6) is 0.399. The van der Waals surface area contributed by atoms with Gasteiger partial charge in [-0.05, 0) is 187 Å². The lowest BCUT2D eigenvalue weighted by Crippen LogP contribution is -2.46. The van der Waals surface area contributed by atoms with Crippen molar-refractivity contribution in [1.29, 1.82) is 0 Å². The molecule has 0 bridgehead atoms. The molecule has 0 atom stereocenters. The van der Waals surface area contributed by atoms with Gasteiger partial charge in [-0.2, -0.15) is 0 Å². The third kappa shape index (κ3) is 15.4. The molecule has 1 saturated heterocycles. The number of halogens is 5. The van der Waals surface area contributed by atoms with Crippen LogP contribution in [0, 0.1) is 17.5 Å². The zero-order valence-electron chi connectivity index (χ0n) is 50.7. The first-order valence-electron chi connectivity index (χ1n) is 30.4. The maximum atomic E-state index is 13.1. The molecule has 1 aliphatic heterocycles. The van der Waals surface area contributed by atoms with Gasteiger partial charge in [0.2, 0.25) is 11.8 Å². The molecule has 0 unspecified atom stereocenters. The summed E-state index contributed by atoms with van der Waals surface area (Å²) in [7, 11) is -0.296. The van der Waals surface area contributed by atoms with Gasteiger partial charge in [0.05, 0.1) is 46.0 Å². The van der Waals surface area contributed by atoms with E-state index in [9.17, 15) is 32.7 Å². The second kappa shape index (κ2) is 27.8. The van der Waals surface area contributed by atoms with Gasteiger partial charge in [-0.15, -0.1) is 0 Å². The number of nitrogen functional groups attached to an aromatic ring is 1. The van der Waals surface area contributed by atoms with Crippen molar-refractivity contribution in [2.45, 2.75) is 150 Å². The predicted molar refractivity (Wildman–Crippen MR) is 350 cm³/mol. The molecule has 5 aromatic heterocycles. The van der Waals surface area contributed by atoms with E-state index in [0.717, 1.165) is 119 Å². The summed E-state index contributed by atoms with van der Waals surface area (Å²) in [6.45, 7) is 8.27. The molecule has 466 valence electrons. The van der Waals surface area contributed by atoms with E-state index in [1.165, 1.54) is 73.5 Å². The number of aliphatic carboxylic acids is 1. The number of carboxylic acid groups (broad SMARTS) is 1. The molecule has 0 radical (unpaired) electrons. The smallest absolute Gasteiger partial charge is 0.481 e. The number of nitrogens with zero attached hydrogens (tertiary/aromatic N) is 5. The highest BCUT2D eigenvalue weighted by Crippen LogP contribution is 2.48. The van der Waals surface area contributed by atoms with Crippen LogP contribution in [-0.2, 0) is 39.9 Å². The van der Waals surface area contributed by atoms with Crippen LogP contribution in [0.4, 0.5) is 30.6 Å². The second-order valence-corrected chi connectivity index (χ2v) is 26.7. The van der Waals surface area contributed by atoms with E-state index in [2.05, 4.69) is 132 Å². The number of nitrogens with one attached hydrogen (secondary N) is 2. The molecule has 5 aliphatic carbocycles. The Morgan fingerprint density at radius 2 is 0.878 bits per heavy atom. The van der Waals surface area contributed by atoms with E-state index < -0.39 is 33.8 Å². The van der Waals surface area contributed by atoms with Crippen LogP contribution in [0.1, 0.15) is 151 Å². The third-order valence-corrected chi connectivity index (χ3v) is 19.3. The van der Waals surface area contributed by atoms with Crippen LogP contribution in [0.25, 0.3) is 11.1 Å². The minimum absolute atomic E-state index is 0.0739. The van der Waals surface area contributed by atoms with Crippen LogP contribution in [-0.4, -0.2) is 66.1 Å². The number of hydrogen-bond acceptors (Lipinski definition) is 11. The monoisotopic (exact) mass is 1350 g/mol. The SMILES string of the molecule is CC1(C)OB(c2ccc(C3CC3)nc2)OC1(C)C.Nc1ccc(F)cn1.O=C(Nc1ccc(F)cn1)C1(c2ccc(-c3ccc(C4CC4)nc3)cc2)CCC1.O=C(Nc1ccc(F)cn1)C1(c2ccc(Br)cc2)CCC1.O=C(O)C1(c2ccc(Br)cc2)CCC1. The van der Waals surface area contributed by atoms with Crippen LogP contribution in [0.15, 0.2) is 173 Å². The summed E-state index contributed by atoms with van der Waals surface area (Å²) in [5.41, 5.74) is 11.5. The molecule has 6 fully saturated rings. The fourth-order valence-electron chi connectivity index (χ4n) is 11.1. The Balaban J connectivity index is 0.000000130. The maximum absolute atomic E-state index is 13.1. The fourth-order valence-corrected chi connectivity index (χ4v) is 11.7. The highest BCUT2D eigenvalue weighted by Gasteiger charge is 2.52. The number of anilines is 3. The fraction of sp³-hybridized carbons (Fsp3) is 0.343. The van der Waals surface area contributed by atoms with Gasteiger partial charge in [0, 0.05) is 55.6 Å². The zero-order chi connectivity index (χ0) is 63.8. The lowest BCUT2D eigenvalue weighted by atomic mass is 9.63. The van der Waals surface area contributed by atoms with E-state index in [1.807, 2.05) is 73.1 Å². The van der Waals surface area contributed by atoms with Crippen molar-refractivity contribution < 1.29 is 42.0 Å².